The average molecular weight is 342 g/mol. The zero-order valence-electron chi connectivity index (χ0n) is 12.0. The lowest BCUT2D eigenvalue weighted by molar-refractivity contribution is -0.143. The Bertz CT molecular complexity index is 579. The molecule has 0 aliphatic carbocycles. The maximum atomic E-state index is 11.8. The Morgan fingerprint density at radius 3 is 2.91 bits per heavy atom. The van der Waals surface area contributed by atoms with E-state index in [1.807, 2.05) is 6.92 Å². The fourth-order valence-corrected chi connectivity index (χ4v) is 2.50. The van der Waals surface area contributed by atoms with Crippen molar-refractivity contribution >= 4 is 46.6 Å². The highest BCUT2D eigenvalue weighted by atomic mass is 35.5. The summed E-state index contributed by atoms with van der Waals surface area (Å²) in [6, 6.07) is 3.31. The van der Waals surface area contributed by atoms with Crippen LogP contribution < -0.4 is 10.6 Å². The van der Waals surface area contributed by atoms with Gasteiger partial charge in [-0.1, -0.05) is 11.6 Å². The normalized spacial score (nSPS) is 20.4. The molecule has 0 unspecified atom stereocenters. The first-order valence-corrected chi connectivity index (χ1v) is 7.65. The van der Waals surface area contributed by atoms with Crippen LogP contribution in [0, 0.1) is 5.92 Å². The molecular formula is C14H16ClN3O3S. The number of hydrogen-bond acceptors (Lipinski definition) is 5. The van der Waals surface area contributed by atoms with Crippen molar-refractivity contribution in [1.29, 1.82) is 0 Å². The Balaban J connectivity index is 1.73. The molecule has 0 aromatic carbocycles. The van der Waals surface area contributed by atoms with Crippen molar-refractivity contribution in [2.45, 2.75) is 32.3 Å². The summed E-state index contributed by atoms with van der Waals surface area (Å²) in [6.07, 6.45) is 2.73. The molecular weight excluding hydrogens is 326 g/mol. The molecule has 1 aromatic heterocycles. The van der Waals surface area contributed by atoms with Gasteiger partial charge in [0.05, 0.1) is 17.0 Å². The second-order valence-electron chi connectivity index (χ2n) is 5.08. The van der Waals surface area contributed by atoms with Gasteiger partial charge in [0.15, 0.2) is 5.11 Å². The van der Waals surface area contributed by atoms with Gasteiger partial charge in [0.2, 0.25) is 5.91 Å². The van der Waals surface area contributed by atoms with E-state index in [0.717, 1.165) is 0 Å². The molecule has 1 saturated heterocycles. The van der Waals surface area contributed by atoms with Gasteiger partial charge in [0, 0.05) is 12.6 Å². The fraction of sp³-hybridized carbons (Fsp3) is 0.429. The first-order valence-electron chi connectivity index (χ1n) is 6.87. The van der Waals surface area contributed by atoms with Gasteiger partial charge in [0.25, 0.3) is 0 Å². The van der Waals surface area contributed by atoms with Crippen LogP contribution in [-0.2, 0) is 14.3 Å². The highest BCUT2D eigenvalue weighted by Gasteiger charge is 2.31. The summed E-state index contributed by atoms with van der Waals surface area (Å²) in [7, 11) is 0. The number of carbonyl (C=O) groups is 2. The van der Waals surface area contributed by atoms with E-state index in [0.29, 0.717) is 23.7 Å². The summed E-state index contributed by atoms with van der Waals surface area (Å²) in [4.78, 5) is 27.3. The first kappa shape index (κ1) is 16.6. The van der Waals surface area contributed by atoms with Crippen LogP contribution in [-0.4, -0.2) is 28.1 Å². The SMILES string of the molecule is C[C@@H]1C[C@@H](CCC(=O)NC(=S)Nc2ccc(Cl)cn2)C(=O)O1. The van der Waals surface area contributed by atoms with E-state index < -0.39 is 0 Å². The van der Waals surface area contributed by atoms with Crippen LogP contribution >= 0.6 is 23.8 Å². The number of cyclic esters (lactones) is 1. The van der Waals surface area contributed by atoms with E-state index in [1.165, 1.54) is 6.20 Å². The van der Waals surface area contributed by atoms with E-state index in [-0.39, 0.29) is 35.4 Å². The molecule has 8 heteroatoms. The molecule has 0 spiro atoms. The molecule has 2 rings (SSSR count). The summed E-state index contributed by atoms with van der Waals surface area (Å²) in [5, 5.41) is 6.00. The molecule has 6 nitrogen and oxygen atoms in total. The largest absolute Gasteiger partial charge is 0.462 e. The second kappa shape index (κ2) is 7.51. The lowest BCUT2D eigenvalue weighted by Crippen LogP contribution is -2.34. The summed E-state index contributed by atoms with van der Waals surface area (Å²) in [5.74, 6) is -0.201. The minimum Gasteiger partial charge on any atom is -0.462 e. The highest BCUT2D eigenvalue weighted by molar-refractivity contribution is 7.80. The number of pyridine rings is 1. The fourth-order valence-electron chi connectivity index (χ4n) is 2.17. The number of thiocarbonyl (C=S) groups is 1. The van der Waals surface area contributed by atoms with E-state index in [9.17, 15) is 9.59 Å². The van der Waals surface area contributed by atoms with Gasteiger partial charge < -0.3 is 15.4 Å². The number of aromatic nitrogens is 1. The number of anilines is 1. The zero-order valence-corrected chi connectivity index (χ0v) is 13.5. The van der Waals surface area contributed by atoms with Crippen LogP contribution in [0.15, 0.2) is 18.3 Å². The van der Waals surface area contributed by atoms with Crippen molar-refractivity contribution in [3.63, 3.8) is 0 Å². The molecule has 0 radical (unpaired) electrons. The standard InChI is InChI=1S/C14H16ClN3O3S/c1-8-6-9(13(20)21-8)2-5-12(19)18-14(22)17-11-4-3-10(15)7-16-11/h3-4,7-9H,2,5-6H2,1H3,(H2,16,17,18,19,22)/t8-,9-/m1/s1. The van der Waals surface area contributed by atoms with Gasteiger partial charge in [-0.25, -0.2) is 4.98 Å². The molecule has 1 aromatic rings. The number of rotatable bonds is 4. The Morgan fingerprint density at radius 2 is 2.32 bits per heavy atom. The van der Waals surface area contributed by atoms with Crippen molar-refractivity contribution < 1.29 is 14.3 Å². The van der Waals surface area contributed by atoms with Gasteiger partial charge in [-0.05, 0) is 44.1 Å². The van der Waals surface area contributed by atoms with Gasteiger partial charge in [-0.3, -0.25) is 9.59 Å². The number of ether oxygens (including phenoxy) is 1. The quantitative estimate of drug-likeness (QED) is 0.646. The van der Waals surface area contributed by atoms with Crippen LogP contribution in [0.2, 0.25) is 5.02 Å². The number of hydrogen-bond donors (Lipinski definition) is 2. The van der Waals surface area contributed by atoms with Crippen molar-refractivity contribution in [2.24, 2.45) is 5.92 Å². The van der Waals surface area contributed by atoms with Gasteiger partial charge in [0.1, 0.15) is 5.82 Å². The third-order valence-electron chi connectivity index (χ3n) is 3.21. The predicted octanol–water partition coefficient (Wildman–Crippen LogP) is 2.28. The number of nitrogens with zero attached hydrogens (tertiary/aromatic N) is 1. The molecule has 22 heavy (non-hydrogen) atoms. The highest BCUT2D eigenvalue weighted by Crippen LogP contribution is 2.24. The molecule has 0 saturated carbocycles. The van der Waals surface area contributed by atoms with E-state index in [2.05, 4.69) is 15.6 Å². The van der Waals surface area contributed by atoms with Crippen molar-refractivity contribution in [1.82, 2.24) is 10.3 Å². The second-order valence-corrected chi connectivity index (χ2v) is 5.93. The van der Waals surface area contributed by atoms with Crippen molar-refractivity contribution in [2.75, 3.05) is 5.32 Å². The summed E-state index contributed by atoms with van der Waals surface area (Å²) in [5.41, 5.74) is 0. The molecule has 2 atom stereocenters. The average Bonchev–Trinajstić information content (AvgIpc) is 2.77. The van der Waals surface area contributed by atoms with Gasteiger partial charge in [-0.2, -0.15) is 0 Å². The Labute approximate surface area is 138 Å². The third-order valence-corrected chi connectivity index (χ3v) is 3.64. The van der Waals surface area contributed by atoms with Crippen LogP contribution in [0.3, 0.4) is 0 Å². The molecule has 1 aliphatic rings. The minimum atomic E-state index is -0.251. The summed E-state index contributed by atoms with van der Waals surface area (Å²) >= 11 is 10.8. The number of halogens is 1. The number of esters is 1. The third kappa shape index (κ3) is 4.92. The maximum Gasteiger partial charge on any atom is 0.309 e. The van der Waals surface area contributed by atoms with Gasteiger partial charge >= 0.3 is 5.97 Å². The lowest BCUT2D eigenvalue weighted by Gasteiger charge is -2.09. The zero-order chi connectivity index (χ0) is 16.1. The number of carbonyl (C=O) groups excluding carboxylic acids is 2. The molecule has 0 bridgehead atoms. The Hall–Kier alpha value is -1.73. The van der Waals surface area contributed by atoms with Crippen LogP contribution in [0.25, 0.3) is 0 Å². The van der Waals surface area contributed by atoms with Crippen molar-refractivity contribution in [3.05, 3.63) is 23.4 Å². The van der Waals surface area contributed by atoms with Crippen LogP contribution in [0.5, 0.6) is 0 Å². The van der Waals surface area contributed by atoms with E-state index >= 15 is 0 Å². The van der Waals surface area contributed by atoms with Gasteiger partial charge in [-0.15, -0.1) is 0 Å². The molecule has 2 N–H and O–H groups in total. The Kier molecular flexibility index (Phi) is 5.68. The van der Waals surface area contributed by atoms with Crippen molar-refractivity contribution in [3.8, 4) is 0 Å². The monoisotopic (exact) mass is 341 g/mol. The Morgan fingerprint density at radius 1 is 1.55 bits per heavy atom. The topological polar surface area (TPSA) is 80.3 Å². The van der Waals surface area contributed by atoms with Crippen LogP contribution in [0.4, 0.5) is 5.82 Å². The molecule has 118 valence electrons. The number of amides is 1. The minimum absolute atomic E-state index is 0.0701. The van der Waals surface area contributed by atoms with E-state index in [1.54, 1.807) is 12.1 Å². The lowest BCUT2D eigenvalue weighted by atomic mass is 9.99. The number of nitrogens with one attached hydrogen (secondary N) is 2. The molecule has 2 heterocycles. The predicted molar refractivity (Wildman–Crippen MR) is 86.5 cm³/mol. The first-order chi connectivity index (χ1) is 10.4. The van der Waals surface area contributed by atoms with Crippen LogP contribution in [0.1, 0.15) is 26.2 Å². The molecule has 1 fully saturated rings. The smallest absolute Gasteiger partial charge is 0.309 e. The summed E-state index contributed by atoms with van der Waals surface area (Å²) < 4.78 is 5.05. The summed E-state index contributed by atoms with van der Waals surface area (Å²) in [6.45, 7) is 1.84. The molecule has 1 aliphatic heterocycles. The van der Waals surface area contributed by atoms with E-state index in [4.69, 9.17) is 28.6 Å². The molecule has 1 amide bonds. The maximum absolute atomic E-state index is 11.8.